The van der Waals surface area contributed by atoms with Gasteiger partial charge in [0.1, 0.15) is 11.9 Å². The minimum Gasteiger partial charge on any atom is -0.462 e. The Kier molecular flexibility index (Phi) is 12.0. The van der Waals surface area contributed by atoms with Crippen molar-refractivity contribution in [1.82, 2.24) is 14.6 Å². The number of anilines is 1. The van der Waals surface area contributed by atoms with Crippen molar-refractivity contribution in [2.45, 2.75) is 77.3 Å². The molecular formula is C23H38ClN4O9PS. The number of carbonyl (C=O) groups is 2. The van der Waals surface area contributed by atoms with Gasteiger partial charge in [-0.05, 0) is 54.0 Å². The fourth-order valence-corrected chi connectivity index (χ4v) is 6.20. The average Bonchev–Trinajstić information content (AvgIpc) is 3.14. The molecule has 39 heavy (non-hydrogen) atoms. The summed E-state index contributed by atoms with van der Waals surface area (Å²) in [5.41, 5.74) is 3.98. The van der Waals surface area contributed by atoms with Crippen molar-refractivity contribution in [3.63, 3.8) is 0 Å². The smallest absolute Gasteiger partial charge is 0.406 e. The van der Waals surface area contributed by atoms with E-state index in [1.165, 1.54) is 23.8 Å². The quantitative estimate of drug-likeness (QED) is 0.121. The molecule has 4 N–H and O–H groups in total. The van der Waals surface area contributed by atoms with Crippen LogP contribution in [0.4, 0.5) is 5.82 Å². The third kappa shape index (κ3) is 9.82. The van der Waals surface area contributed by atoms with Gasteiger partial charge in [0.05, 0.1) is 42.3 Å². The van der Waals surface area contributed by atoms with Crippen LogP contribution in [0.1, 0.15) is 54.2 Å². The van der Waals surface area contributed by atoms with E-state index < -0.39 is 54.2 Å². The van der Waals surface area contributed by atoms with Crippen molar-refractivity contribution in [3.8, 4) is 0 Å². The maximum Gasteiger partial charge on any atom is 0.406 e. The number of carbonyl (C=O) groups excluding carboxylic acids is 2. The Bertz CT molecular complexity index is 1120. The predicted octanol–water partition coefficient (Wildman–Crippen LogP) is 2.46. The molecule has 1 aliphatic heterocycles. The van der Waals surface area contributed by atoms with Gasteiger partial charge in [-0.1, -0.05) is 11.8 Å². The zero-order valence-corrected chi connectivity index (χ0v) is 25.4. The second kappa shape index (κ2) is 13.9. The van der Waals surface area contributed by atoms with Gasteiger partial charge in [0, 0.05) is 11.9 Å². The molecule has 1 unspecified atom stereocenters. The number of hydrogen-bond donors (Lipinski definition) is 3. The Morgan fingerprint density at radius 2 is 2.08 bits per heavy atom. The van der Waals surface area contributed by atoms with Gasteiger partial charge in [-0.25, -0.2) is 14.4 Å². The molecule has 5 atom stereocenters. The minimum absolute atomic E-state index is 0.0551. The summed E-state index contributed by atoms with van der Waals surface area (Å²) in [5.74, 6) is -0.483. The summed E-state index contributed by atoms with van der Waals surface area (Å²) in [6, 6.07) is 0.395. The summed E-state index contributed by atoms with van der Waals surface area (Å²) >= 11 is 7.57. The van der Waals surface area contributed by atoms with E-state index in [9.17, 15) is 24.1 Å². The number of aliphatic hydroxyl groups excluding tert-OH is 1. The molecule has 0 amide bonds. The molecule has 1 saturated heterocycles. The SMILES string of the molecule is CC(C)OC(=O)[C@@H](C)NP(=O)(OCCSC(=O)C(C)(C)CO)OC[C@@H]1C[C@@](C)(Cl)[C@H](n2ccc(N)nc2=O)O1. The molecule has 0 aliphatic carbocycles. The lowest BCUT2D eigenvalue weighted by Gasteiger charge is -2.25. The molecule has 0 radical (unpaired) electrons. The molecule has 1 aliphatic rings. The number of nitrogens with two attached hydrogens (primary N) is 1. The second-order valence-electron chi connectivity index (χ2n) is 10.3. The number of nitrogens with zero attached hydrogens (tertiary/aromatic N) is 2. The van der Waals surface area contributed by atoms with Crippen LogP contribution >= 0.6 is 31.1 Å². The van der Waals surface area contributed by atoms with E-state index in [2.05, 4.69) is 10.1 Å². The zero-order valence-electron chi connectivity index (χ0n) is 22.9. The van der Waals surface area contributed by atoms with Gasteiger partial charge in [-0.3, -0.25) is 23.2 Å². The lowest BCUT2D eigenvalue weighted by molar-refractivity contribution is -0.149. The molecule has 16 heteroatoms. The first-order chi connectivity index (χ1) is 18.0. The van der Waals surface area contributed by atoms with Crippen LogP contribution in [-0.4, -0.2) is 74.4 Å². The monoisotopic (exact) mass is 612 g/mol. The van der Waals surface area contributed by atoms with Gasteiger partial charge in [0.25, 0.3) is 0 Å². The summed E-state index contributed by atoms with van der Waals surface area (Å²) in [6.45, 7) is 8.96. The van der Waals surface area contributed by atoms with E-state index >= 15 is 0 Å². The Labute approximate surface area is 237 Å². The van der Waals surface area contributed by atoms with E-state index in [0.717, 1.165) is 11.8 Å². The summed E-state index contributed by atoms with van der Waals surface area (Å²) in [5, 5.41) is 11.7. The topological polar surface area (TPSA) is 181 Å². The number of esters is 1. The molecule has 0 saturated carbocycles. The highest BCUT2D eigenvalue weighted by molar-refractivity contribution is 8.13. The van der Waals surface area contributed by atoms with Crippen molar-refractivity contribution in [1.29, 1.82) is 0 Å². The van der Waals surface area contributed by atoms with Crippen LogP contribution in [0.15, 0.2) is 17.1 Å². The number of ether oxygens (including phenoxy) is 2. The highest BCUT2D eigenvalue weighted by atomic mass is 35.5. The van der Waals surface area contributed by atoms with E-state index in [1.54, 1.807) is 34.6 Å². The molecule has 1 fully saturated rings. The van der Waals surface area contributed by atoms with Crippen LogP contribution in [0.2, 0.25) is 0 Å². The molecule has 1 aromatic rings. The summed E-state index contributed by atoms with van der Waals surface area (Å²) < 4.78 is 37.1. The van der Waals surface area contributed by atoms with E-state index in [4.69, 9.17) is 35.9 Å². The normalized spacial score (nSPS) is 23.9. The Hall–Kier alpha value is -1.51. The number of alkyl halides is 1. The van der Waals surface area contributed by atoms with Gasteiger partial charge in [0.15, 0.2) is 11.3 Å². The van der Waals surface area contributed by atoms with Gasteiger partial charge in [-0.15, -0.1) is 11.6 Å². The molecule has 0 spiro atoms. The summed E-state index contributed by atoms with van der Waals surface area (Å²) in [7, 11) is -4.13. The maximum atomic E-state index is 13.6. The minimum atomic E-state index is -4.13. The first-order valence-electron chi connectivity index (χ1n) is 12.3. The molecule has 1 aromatic heterocycles. The third-order valence-electron chi connectivity index (χ3n) is 5.58. The number of nitrogen functional groups attached to an aromatic ring is 1. The Balaban J connectivity index is 2.10. The fraction of sp³-hybridized carbons (Fsp3) is 0.739. The Morgan fingerprint density at radius 3 is 2.67 bits per heavy atom. The van der Waals surface area contributed by atoms with Crippen LogP contribution in [0, 0.1) is 5.41 Å². The van der Waals surface area contributed by atoms with E-state index in [-0.39, 0.29) is 42.9 Å². The average molecular weight is 613 g/mol. The number of halogens is 1. The predicted molar refractivity (Wildman–Crippen MR) is 147 cm³/mol. The first kappa shape index (κ1) is 33.7. The first-order valence-corrected chi connectivity index (χ1v) is 15.2. The molecule has 222 valence electrons. The van der Waals surface area contributed by atoms with Crippen molar-refractivity contribution in [2.24, 2.45) is 5.41 Å². The van der Waals surface area contributed by atoms with E-state index in [0.29, 0.717) is 0 Å². The lowest BCUT2D eigenvalue weighted by atomic mass is 9.97. The summed E-state index contributed by atoms with van der Waals surface area (Å²) in [4.78, 5) is 39.5. The second-order valence-corrected chi connectivity index (χ2v) is 14.0. The van der Waals surface area contributed by atoms with Crippen molar-refractivity contribution >= 4 is 48.0 Å². The zero-order chi connectivity index (χ0) is 29.6. The maximum absolute atomic E-state index is 13.6. The Morgan fingerprint density at radius 1 is 1.41 bits per heavy atom. The van der Waals surface area contributed by atoms with Crippen LogP contribution in [0.5, 0.6) is 0 Å². The van der Waals surface area contributed by atoms with Crippen molar-refractivity contribution < 1.29 is 37.8 Å². The van der Waals surface area contributed by atoms with Crippen LogP contribution in [0.3, 0.4) is 0 Å². The van der Waals surface area contributed by atoms with E-state index in [1.807, 2.05) is 0 Å². The van der Waals surface area contributed by atoms with Gasteiger partial charge in [0.2, 0.25) is 0 Å². The number of rotatable bonds is 14. The number of aliphatic hydroxyl groups is 1. The molecule has 13 nitrogen and oxygen atoms in total. The largest absolute Gasteiger partial charge is 0.462 e. The van der Waals surface area contributed by atoms with Crippen LogP contribution in [-0.2, 0) is 32.7 Å². The number of aromatic nitrogens is 2. The van der Waals surface area contributed by atoms with Gasteiger partial charge in [-0.2, -0.15) is 4.98 Å². The molecule has 0 aromatic carbocycles. The van der Waals surface area contributed by atoms with Crippen LogP contribution < -0.4 is 16.5 Å². The molecular weight excluding hydrogens is 575 g/mol. The summed E-state index contributed by atoms with van der Waals surface area (Å²) in [6.07, 6.45) is -0.342. The third-order valence-corrected chi connectivity index (χ3v) is 8.82. The molecule has 2 heterocycles. The molecule has 2 rings (SSSR count). The van der Waals surface area contributed by atoms with Crippen molar-refractivity contribution in [2.75, 3.05) is 31.3 Å². The molecule has 0 bridgehead atoms. The number of thioether (sulfide) groups is 1. The highest BCUT2D eigenvalue weighted by Gasteiger charge is 2.46. The number of nitrogens with one attached hydrogen (secondary N) is 1. The van der Waals surface area contributed by atoms with Gasteiger partial charge >= 0.3 is 19.4 Å². The van der Waals surface area contributed by atoms with Crippen LogP contribution in [0.25, 0.3) is 0 Å². The highest BCUT2D eigenvalue weighted by Crippen LogP contribution is 2.48. The standard InChI is InChI=1S/C23H38ClN4O9PS/c1-14(2)36-18(30)15(3)27-38(33,34-9-10-39-20(31)22(4,5)13-29)35-12-16-11-23(6,24)19(37-16)28-8-7-17(25)26-21(28)32/h7-8,14-16,19,29H,9-13H2,1-6H3,(H,27,33)(H2,25,26,32)/t15-,16+,19-,23-,38?/m1/s1. The van der Waals surface area contributed by atoms with Gasteiger partial charge < -0.3 is 20.3 Å². The lowest BCUT2D eigenvalue weighted by Crippen LogP contribution is -2.36. The van der Waals surface area contributed by atoms with Crippen molar-refractivity contribution in [3.05, 3.63) is 22.7 Å². The number of hydrogen-bond acceptors (Lipinski definition) is 12. The fourth-order valence-electron chi connectivity index (χ4n) is 3.45.